The summed E-state index contributed by atoms with van der Waals surface area (Å²) >= 11 is 0. The lowest BCUT2D eigenvalue weighted by atomic mass is 9.95. The zero-order valence-electron chi connectivity index (χ0n) is 15.8. The standard InChI is InChI=1S/C22H22FN3O2/c1-25(14-17-6-4-16(13-24)5-7-17)21(27)19-3-2-12-26(15-19)22(28)18-8-10-20(23)11-9-18/h4-11,19H,2-3,12,14-15H2,1H3. The zero-order valence-corrected chi connectivity index (χ0v) is 15.8. The van der Waals surface area contributed by atoms with Crippen LogP contribution in [-0.4, -0.2) is 41.8 Å². The van der Waals surface area contributed by atoms with Crippen LogP contribution in [0.25, 0.3) is 0 Å². The summed E-state index contributed by atoms with van der Waals surface area (Å²) in [6, 6.07) is 14.7. The molecular formula is C22H22FN3O2. The van der Waals surface area contributed by atoms with Gasteiger partial charge < -0.3 is 9.80 Å². The van der Waals surface area contributed by atoms with E-state index in [2.05, 4.69) is 6.07 Å². The van der Waals surface area contributed by atoms with Crippen molar-refractivity contribution in [1.29, 1.82) is 5.26 Å². The van der Waals surface area contributed by atoms with E-state index in [-0.39, 0.29) is 23.5 Å². The second kappa shape index (κ2) is 8.66. The Kier molecular flexibility index (Phi) is 6.05. The van der Waals surface area contributed by atoms with Crippen molar-refractivity contribution in [3.05, 3.63) is 71.0 Å². The van der Waals surface area contributed by atoms with Gasteiger partial charge in [-0.1, -0.05) is 12.1 Å². The summed E-state index contributed by atoms with van der Waals surface area (Å²) in [7, 11) is 1.75. The molecular weight excluding hydrogens is 357 g/mol. The molecule has 0 bridgehead atoms. The van der Waals surface area contributed by atoms with Crippen LogP contribution in [0.4, 0.5) is 4.39 Å². The lowest BCUT2D eigenvalue weighted by Gasteiger charge is -2.34. The van der Waals surface area contributed by atoms with Crippen molar-refractivity contribution >= 4 is 11.8 Å². The second-order valence-electron chi connectivity index (χ2n) is 7.10. The fourth-order valence-corrected chi connectivity index (χ4v) is 3.49. The van der Waals surface area contributed by atoms with Crippen LogP contribution in [0.2, 0.25) is 0 Å². The highest BCUT2D eigenvalue weighted by molar-refractivity contribution is 5.94. The Hall–Kier alpha value is -3.20. The van der Waals surface area contributed by atoms with Crippen molar-refractivity contribution in [3.63, 3.8) is 0 Å². The van der Waals surface area contributed by atoms with Crippen LogP contribution >= 0.6 is 0 Å². The topological polar surface area (TPSA) is 64.4 Å². The number of likely N-dealkylation sites (tertiary alicyclic amines) is 1. The summed E-state index contributed by atoms with van der Waals surface area (Å²) in [6.45, 7) is 1.42. The number of amides is 2. The molecule has 0 saturated carbocycles. The third kappa shape index (κ3) is 4.55. The average molecular weight is 379 g/mol. The van der Waals surface area contributed by atoms with Crippen LogP contribution in [0.1, 0.15) is 34.3 Å². The van der Waals surface area contributed by atoms with Gasteiger partial charge in [-0.3, -0.25) is 9.59 Å². The maximum absolute atomic E-state index is 13.1. The Morgan fingerprint density at radius 2 is 1.86 bits per heavy atom. The molecule has 6 heteroatoms. The van der Waals surface area contributed by atoms with Gasteiger partial charge in [0, 0.05) is 32.2 Å². The molecule has 1 saturated heterocycles. The summed E-state index contributed by atoms with van der Waals surface area (Å²) in [5.41, 5.74) is 1.96. The Bertz CT molecular complexity index is 887. The lowest BCUT2D eigenvalue weighted by molar-refractivity contribution is -0.136. The van der Waals surface area contributed by atoms with Gasteiger partial charge in [0.1, 0.15) is 5.82 Å². The summed E-state index contributed by atoms with van der Waals surface area (Å²) in [5.74, 6) is -0.803. The number of rotatable bonds is 4. The SMILES string of the molecule is CN(Cc1ccc(C#N)cc1)C(=O)C1CCCN(C(=O)c2ccc(F)cc2)C1. The van der Waals surface area contributed by atoms with E-state index in [4.69, 9.17) is 5.26 Å². The van der Waals surface area contributed by atoms with E-state index in [1.165, 1.54) is 24.3 Å². The maximum atomic E-state index is 13.1. The molecule has 144 valence electrons. The van der Waals surface area contributed by atoms with Crippen molar-refractivity contribution in [3.8, 4) is 6.07 Å². The zero-order chi connectivity index (χ0) is 20.1. The number of halogens is 1. The van der Waals surface area contributed by atoms with E-state index < -0.39 is 0 Å². The number of hydrogen-bond donors (Lipinski definition) is 0. The van der Waals surface area contributed by atoms with E-state index in [0.29, 0.717) is 30.8 Å². The van der Waals surface area contributed by atoms with Crippen LogP contribution in [0.5, 0.6) is 0 Å². The Balaban J connectivity index is 1.62. The van der Waals surface area contributed by atoms with E-state index in [1.54, 1.807) is 29.0 Å². The molecule has 0 aromatic heterocycles. The number of benzene rings is 2. The van der Waals surface area contributed by atoms with E-state index in [1.807, 2.05) is 12.1 Å². The predicted molar refractivity (Wildman–Crippen MR) is 103 cm³/mol. The third-order valence-electron chi connectivity index (χ3n) is 5.03. The smallest absolute Gasteiger partial charge is 0.253 e. The first kappa shape index (κ1) is 19.6. The molecule has 5 nitrogen and oxygen atoms in total. The highest BCUT2D eigenvalue weighted by atomic mass is 19.1. The number of hydrogen-bond acceptors (Lipinski definition) is 3. The molecule has 0 spiro atoms. The Morgan fingerprint density at radius 1 is 1.18 bits per heavy atom. The van der Waals surface area contributed by atoms with Gasteiger partial charge in [0.25, 0.3) is 5.91 Å². The van der Waals surface area contributed by atoms with Crippen LogP contribution in [0, 0.1) is 23.1 Å². The predicted octanol–water partition coefficient (Wildman–Crippen LogP) is 3.21. The largest absolute Gasteiger partial charge is 0.341 e. The van der Waals surface area contributed by atoms with Crippen LogP contribution in [-0.2, 0) is 11.3 Å². The van der Waals surface area contributed by atoms with Gasteiger partial charge in [-0.2, -0.15) is 5.26 Å². The van der Waals surface area contributed by atoms with E-state index in [0.717, 1.165) is 18.4 Å². The van der Waals surface area contributed by atoms with Crippen LogP contribution in [0.3, 0.4) is 0 Å². The summed E-state index contributed by atoms with van der Waals surface area (Å²) in [6.07, 6.45) is 1.50. The molecule has 1 heterocycles. The molecule has 2 amide bonds. The van der Waals surface area contributed by atoms with E-state index in [9.17, 15) is 14.0 Å². The third-order valence-corrected chi connectivity index (χ3v) is 5.03. The van der Waals surface area contributed by atoms with Crippen molar-refractivity contribution in [2.45, 2.75) is 19.4 Å². The number of carbonyl (C=O) groups excluding carboxylic acids is 2. The minimum Gasteiger partial charge on any atom is -0.341 e. The molecule has 1 fully saturated rings. The summed E-state index contributed by atoms with van der Waals surface area (Å²) in [4.78, 5) is 28.9. The van der Waals surface area contributed by atoms with Crippen molar-refractivity contribution in [1.82, 2.24) is 9.80 Å². The minimum atomic E-state index is -0.382. The average Bonchev–Trinajstić information content (AvgIpc) is 2.74. The molecule has 2 aromatic carbocycles. The highest BCUT2D eigenvalue weighted by Crippen LogP contribution is 2.21. The fourth-order valence-electron chi connectivity index (χ4n) is 3.49. The quantitative estimate of drug-likeness (QED) is 0.819. The molecule has 0 aliphatic carbocycles. The van der Waals surface area contributed by atoms with Crippen molar-refractivity contribution in [2.24, 2.45) is 5.92 Å². The summed E-state index contributed by atoms with van der Waals surface area (Å²) < 4.78 is 13.1. The number of carbonyl (C=O) groups is 2. The molecule has 0 radical (unpaired) electrons. The highest BCUT2D eigenvalue weighted by Gasteiger charge is 2.30. The van der Waals surface area contributed by atoms with Crippen LogP contribution < -0.4 is 0 Å². The van der Waals surface area contributed by atoms with Gasteiger partial charge >= 0.3 is 0 Å². The van der Waals surface area contributed by atoms with Gasteiger partial charge in [-0.05, 0) is 54.8 Å². The number of nitrogens with zero attached hydrogens (tertiary/aromatic N) is 3. The molecule has 2 aromatic rings. The van der Waals surface area contributed by atoms with Gasteiger partial charge in [0.15, 0.2) is 0 Å². The molecule has 1 atom stereocenters. The normalized spacial score (nSPS) is 16.3. The molecule has 28 heavy (non-hydrogen) atoms. The van der Waals surface area contributed by atoms with Gasteiger partial charge in [-0.25, -0.2) is 4.39 Å². The lowest BCUT2D eigenvalue weighted by Crippen LogP contribution is -2.45. The number of piperidine rings is 1. The molecule has 0 N–H and O–H groups in total. The molecule has 1 aliphatic rings. The molecule has 1 unspecified atom stereocenters. The Labute approximate surface area is 164 Å². The van der Waals surface area contributed by atoms with Gasteiger partial charge in [0.2, 0.25) is 5.91 Å². The first-order chi connectivity index (χ1) is 13.5. The first-order valence-electron chi connectivity index (χ1n) is 9.27. The fraction of sp³-hybridized carbons (Fsp3) is 0.318. The molecule has 1 aliphatic heterocycles. The number of nitriles is 1. The Morgan fingerprint density at radius 3 is 2.50 bits per heavy atom. The maximum Gasteiger partial charge on any atom is 0.253 e. The van der Waals surface area contributed by atoms with Crippen molar-refractivity contribution < 1.29 is 14.0 Å². The van der Waals surface area contributed by atoms with E-state index >= 15 is 0 Å². The van der Waals surface area contributed by atoms with Crippen molar-refractivity contribution in [2.75, 3.05) is 20.1 Å². The van der Waals surface area contributed by atoms with Crippen LogP contribution in [0.15, 0.2) is 48.5 Å². The van der Waals surface area contributed by atoms with Gasteiger partial charge in [-0.15, -0.1) is 0 Å². The second-order valence-corrected chi connectivity index (χ2v) is 7.10. The minimum absolute atomic E-state index is 0.000894. The van der Waals surface area contributed by atoms with Gasteiger partial charge in [0.05, 0.1) is 17.6 Å². The summed E-state index contributed by atoms with van der Waals surface area (Å²) in [5, 5.41) is 8.87. The first-order valence-corrected chi connectivity index (χ1v) is 9.27. The monoisotopic (exact) mass is 379 g/mol. The molecule has 3 rings (SSSR count).